The lowest BCUT2D eigenvalue weighted by Crippen LogP contribution is -2.04. The first-order valence-electron chi connectivity index (χ1n) is 8.66. The molecule has 1 nitrogen and oxygen atoms in total. The van der Waals surface area contributed by atoms with Gasteiger partial charge in [0.25, 0.3) is 0 Å². The number of benzene rings is 2. The minimum absolute atomic E-state index is 0.110. The Labute approximate surface area is 96.0 Å². The van der Waals surface area contributed by atoms with Crippen molar-refractivity contribution >= 4 is 10.8 Å². The first-order valence-corrected chi connectivity index (χ1v) is 4.16. The average Bonchev–Trinajstić information content (AvgIpc) is 2.39. The third-order valence-corrected chi connectivity index (χ3v) is 2.06. The summed E-state index contributed by atoms with van der Waals surface area (Å²) in [6.45, 7) is -3.92. The number of rotatable bonds is 0. The quantitative estimate of drug-likeness (QED) is 0.624. The van der Waals surface area contributed by atoms with E-state index in [9.17, 15) is 0 Å². The molecule has 2 aromatic rings. The third-order valence-electron chi connectivity index (χ3n) is 2.06. The normalized spacial score (nSPS) is 31.1. The monoisotopic (exact) mass is 193 g/mol. The summed E-state index contributed by atoms with van der Waals surface area (Å²) in [7, 11) is 0. The third kappa shape index (κ3) is 1.06. The average molecular weight is 193 g/mol. The van der Waals surface area contributed by atoms with Crippen LogP contribution >= 0.6 is 0 Å². The highest BCUT2D eigenvalue weighted by atomic mass is 16.5. The summed E-state index contributed by atoms with van der Waals surface area (Å²) in [6.07, 6.45) is 0. The molecule has 1 aliphatic heterocycles. The van der Waals surface area contributed by atoms with Crippen LogP contribution in [0.5, 0.6) is 0 Å². The molecule has 0 amide bonds. The molecule has 0 N–H and O–H groups in total. The highest BCUT2D eigenvalue weighted by Crippen LogP contribution is 2.29. The molecule has 0 saturated carbocycles. The summed E-state index contributed by atoms with van der Waals surface area (Å²) in [5, 5.41) is -0.293. The Kier molecular flexibility index (Phi) is 0.620. The molecule has 0 spiro atoms. The predicted octanol–water partition coefficient (Wildman–Crippen LogP) is 3.18. The van der Waals surface area contributed by atoms with Crippen molar-refractivity contribution in [2.24, 2.45) is 0 Å². The first-order chi connectivity index (χ1) is 10.4. The molecule has 0 bridgehead atoms. The van der Waals surface area contributed by atoms with E-state index in [1.165, 1.54) is 6.92 Å². The van der Waals surface area contributed by atoms with Crippen molar-refractivity contribution in [1.29, 1.82) is 0 Å². The van der Waals surface area contributed by atoms with Gasteiger partial charge in [-0.05, 0) is 28.8 Å². The van der Waals surface area contributed by atoms with Crippen LogP contribution in [0.25, 0.3) is 10.8 Å². The van der Waals surface area contributed by atoms with E-state index in [4.69, 9.17) is 17.1 Å². The van der Waals surface area contributed by atoms with Gasteiger partial charge in [-0.1, -0.05) is 35.8 Å². The number of ether oxygens (including phenoxy) is 1. The SMILES string of the molecule is [2H]c1c([2H])c2c3c(c([2H])c(C)c([2H])c3c1[2H])C([2H])([2H])OC2([2H])[2H]. The van der Waals surface area contributed by atoms with E-state index in [0.29, 0.717) is 0 Å². The van der Waals surface area contributed by atoms with Gasteiger partial charge in [0.15, 0.2) is 0 Å². The molecular weight excluding hydrogens is 172 g/mol. The Balaban J connectivity index is 2.76. The highest BCUT2D eigenvalue weighted by molar-refractivity contribution is 5.89. The molecular formula is C13H12O. The first kappa shape index (κ1) is 3.07. The second kappa shape index (κ2) is 2.82. The molecule has 1 heteroatoms. The van der Waals surface area contributed by atoms with Crippen LogP contribution < -0.4 is 0 Å². The second-order valence-corrected chi connectivity index (χ2v) is 3.06. The van der Waals surface area contributed by atoms with Crippen LogP contribution in [-0.4, -0.2) is 0 Å². The van der Waals surface area contributed by atoms with Crippen molar-refractivity contribution in [3.63, 3.8) is 0 Å². The standard InChI is InChI=1S/C13H12O/c1-9-5-10-3-2-4-11-7-14-8-12(6-9)13(10)11/h2-6H,7-8H2,1H3/i2D,3D,4D,5D,6D,7D2,8D2. The van der Waals surface area contributed by atoms with E-state index in [0.717, 1.165) is 0 Å². The van der Waals surface area contributed by atoms with Crippen molar-refractivity contribution in [2.45, 2.75) is 20.0 Å². The van der Waals surface area contributed by atoms with Crippen molar-refractivity contribution < 1.29 is 17.1 Å². The van der Waals surface area contributed by atoms with Gasteiger partial charge in [-0.15, -0.1) is 0 Å². The zero-order valence-electron chi connectivity index (χ0n) is 16.4. The summed E-state index contributed by atoms with van der Waals surface area (Å²) in [4.78, 5) is 0. The molecule has 0 aliphatic carbocycles. The number of hydrogen-bond donors (Lipinski definition) is 0. The maximum atomic E-state index is 8.12. The van der Waals surface area contributed by atoms with Crippen LogP contribution in [0.3, 0.4) is 0 Å². The fourth-order valence-corrected chi connectivity index (χ4v) is 1.50. The smallest absolute Gasteiger partial charge is 0.0727 e. The zero-order chi connectivity index (χ0) is 17.5. The molecule has 0 unspecified atom stereocenters. The van der Waals surface area contributed by atoms with E-state index in [1.54, 1.807) is 0 Å². The Hall–Kier alpha value is -1.34. The summed E-state index contributed by atoms with van der Waals surface area (Å²) in [6, 6.07) is -2.15. The summed E-state index contributed by atoms with van der Waals surface area (Å²) < 4.78 is 76.6. The Morgan fingerprint density at radius 2 is 2.14 bits per heavy atom. The molecule has 14 heavy (non-hydrogen) atoms. The highest BCUT2D eigenvalue weighted by Gasteiger charge is 2.12. The maximum Gasteiger partial charge on any atom is 0.0727 e. The van der Waals surface area contributed by atoms with Gasteiger partial charge in [0.2, 0.25) is 0 Å². The van der Waals surface area contributed by atoms with Crippen molar-refractivity contribution in [3.05, 3.63) is 46.9 Å². The minimum atomic E-state index is -2.70. The van der Waals surface area contributed by atoms with Gasteiger partial charge in [0.1, 0.15) is 0 Å². The zero-order valence-corrected chi connectivity index (χ0v) is 7.41. The molecule has 0 fully saturated rings. The van der Waals surface area contributed by atoms with Gasteiger partial charge in [0, 0.05) is 0 Å². The lowest BCUT2D eigenvalue weighted by molar-refractivity contribution is 0.103. The predicted molar refractivity (Wildman–Crippen MR) is 57.2 cm³/mol. The second-order valence-electron chi connectivity index (χ2n) is 3.06. The molecule has 1 heterocycles. The van der Waals surface area contributed by atoms with Crippen molar-refractivity contribution in [1.82, 2.24) is 0 Å². The topological polar surface area (TPSA) is 9.23 Å². The van der Waals surface area contributed by atoms with Crippen LogP contribution in [0.2, 0.25) is 0 Å². The van der Waals surface area contributed by atoms with Crippen LogP contribution in [0.15, 0.2) is 30.2 Å². The van der Waals surface area contributed by atoms with E-state index >= 15 is 0 Å². The Bertz CT molecular complexity index is 806. The molecule has 1 aliphatic rings. The van der Waals surface area contributed by atoms with Crippen molar-refractivity contribution in [2.75, 3.05) is 0 Å². The minimum Gasteiger partial charge on any atom is -0.372 e. The van der Waals surface area contributed by atoms with E-state index in [1.807, 2.05) is 0 Å². The van der Waals surface area contributed by atoms with Crippen LogP contribution in [0.4, 0.5) is 0 Å². The lowest BCUT2D eigenvalue weighted by Gasteiger charge is -2.18. The Morgan fingerprint density at radius 3 is 3.07 bits per heavy atom. The molecule has 2 aromatic carbocycles. The van der Waals surface area contributed by atoms with E-state index < -0.39 is 36.8 Å². The molecule has 0 saturated heterocycles. The number of hydrogen-bond acceptors (Lipinski definition) is 1. The van der Waals surface area contributed by atoms with Crippen LogP contribution in [-0.2, 0) is 17.9 Å². The van der Waals surface area contributed by atoms with Gasteiger partial charge < -0.3 is 4.74 Å². The van der Waals surface area contributed by atoms with E-state index in [-0.39, 0.29) is 34.0 Å². The van der Waals surface area contributed by atoms with Gasteiger partial charge >= 0.3 is 0 Å². The fourth-order valence-electron chi connectivity index (χ4n) is 1.50. The molecule has 0 atom stereocenters. The summed E-state index contributed by atoms with van der Waals surface area (Å²) in [5.74, 6) is 0. The van der Waals surface area contributed by atoms with E-state index in [2.05, 4.69) is 0 Å². The van der Waals surface area contributed by atoms with Crippen molar-refractivity contribution in [3.8, 4) is 0 Å². The van der Waals surface area contributed by atoms with Gasteiger partial charge in [0.05, 0.1) is 25.5 Å². The molecule has 0 aromatic heterocycles. The largest absolute Gasteiger partial charge is 0.372 e. The summed E-state index contributed by atoms with van der Waals surface area (Å²) >= 11 is 0. The summed E-state index contributed by atoms with van der Waals surface area (Å²) in [5.41, 5.74) is -0.590. The fraction of sp³-hybridized carbons (Fsp3) is 0.231. The van der Waals surface area contributed by atoms with Gasteiger partial charge in [-0.2, -0.15) is 0 Å². The lowest BCUT2D eigenvalue weighted by atomic mass is 9.96. The van der Waals surface area contributed by atoms with Gasteiger partial charge in [-0.25, -0.2) is 0 Å². The Morgan fingerprint density at radius 1 is 1.29 bits per heavy atom. The maximum absolute atomic E-state index is 8.12. The van der Waals surface area contributed by atoms with Crippen LogP contribution in [0, 0.1) is 6.92 Å². The molecule has 3 rings (SSSR count). The van der Waals surface area contributed by atoms with Crippen LogP contribution in [0.1, 0.15) is 29.0 Å². The van der Waals surface area contributed by atoms with Gasteiger partial charge in [-0.3, -0.25) is 0 Å². The molecule has 0 radical (unpaired) electrons. The molecule has 70 valence electrons.